The molecule has 0 unspecified atom stereocenters. The lowest BCUT2D eigenvalue weighted by Gasteiger charge is -2.25. The van der Waals surface area contributed by atoms with Gasteiger partial charge in [-0.2, -0.15) is 0 Å². The van der Waals surface area contributed by atoms with Crippen molar-refractivity contribution in [1.82, 2.24) is 0 Å². The van der Waals surface area contributed by atoms with Gasteiger partial charge in [0.2, 0.25) is 5.91 Å². The van der Waals surface area contributed by atoms with Crippen molar-refractivity contribution in [2.45, 2.75) is 25.1 Å². The number of carbonyl (C=O) groups excluding carboxylic acids is 1. The van der Waals surface area contributed by atoms with E-state index in [9.17, 15) is 13.2 Å². The number of thioether (sulfide) groups is 1. The Morgan fingerprint density at radius 1 is 1.19 bits per heavy atom. The average Bonchev–Trinajstić information content (AvgIpc) is 3.18. The highest BCUT2D eigenvalue weighted by molar-refractivity contribution is 8.15. The van der Waals surface area contributed by atoms with E-state index >= 15 is 0 Å². The van der Waals surface area contributed by atoms with Gasteiger partial charge in [-0.05, 0) is 49.2 Å². The van der Waals surface area contributed by atoms with Gasteiger partial charge in [-0.1, -0.05) is 23.9 Å². The first kappa shape index (κ1) is 21.7. The molecule has 7 nitrogen and oxygen atoms in total. The van der Waals surface area contributed by atoms with Crippen LogP contribution in [0.3, 0.4) is 0 Å². The number of rotatable bonds is 5. The van der Waals surface area contributed by atoms with Crippen LogP contribution in [0.2, 0.25) is 0 Å². The van der Waals surface area contributed by atoms with E-state index in [0.717, 1.165) is 16.8 Å². The number of hydrogen-bond donors (Lipinski definition) is 1. The number of ether oxygens (including phenoxy) is 1. The quantitative estimate of drug-likeness (QED) is 0.740. The Morgan fingerprint density at radius 2 is 1.94 bits per heavy atom. The summed E-state index contributed by atoms with van der Waals surface area (Å²) in [4.78, 5) is 19.5. The highest BCUT2D eigenvalue weighted by Gasteiger charge is 2.44. The first-order valence-corrected chi connectivity index (χ1v) is 12.7. The lowest BCUT2D eigenvalue weighted by atomic mass is 10.1. The monoisotopic (exact) mass is 459 g/mol. The van der Waals surface area contributed by atoms with Crippen molar-refractivity contribution in [2.75, 3.05) is 35.4 Å². The van der Waals surface area contributed by atoms with E-state index in [1.165, 1.54) is 11.8 Å². The largest absolute Gasteiger partial charge is 0.497 e. The molecule has 2 aliphatic heterocycles. The fraction of sp³-hybridized carbons (Fsp3) is 0.364. The van der Waals surface area contributed by atoms with Gasteiger partial charge in [-0.15, -0.1) is 0 Å². The Bertz CT molecular complexity index is 1130. The Kier molecular flexibility index (Phi) is 5.98. The van der Waals surface area contributed by atoms with Crippen LogP contribution in [0.5, 0.6) is 5.75 Å². The zero-order chi connectivity index (χ0) is 22.2. The van der Waals surface area contributed by atoms with Crippen LogP contribution in [0.1, 0.15) is 11.1 Å². The number of fused-ring (bicyclic) bond motifs is 1. The molecule has 0 spiro atoms. The lowest BCUT2D eigenvalue weighted by Crippen LogP contribution is -2.36. The SMILES string of the molecule is COc1cccc(NC(=O)CN(C2=N[C@H]3CS(=O)(=O)C[C@@H]3S2)c2cc(C)cc(C)c2)c1. The number of anilines is 2. The van der Waals surface area contributed by atoms with E-state index in [4.69, 9.17) is 9.73 Å². The second kappa shape index (κ2) is 8.55. The van der Waals surface area contributed by atoms with Gasteiger partial charge in [-0.25, -0.2) is 8.42 Å². The Hall–Kier alpha value is -2.52. The second-order valence-electron chi connectivity index (χ2n) is 7.92. The average molecular weight is 460 g/mol. The second-order valence-corrected chi connectivity index (χ2v) is 11.3. The van der Waals surface area contributed by atoms with Gasteiger partial charge in [0.15, 0.2) is 15.0 Å². The number of nitrogens with one attached hydrogen (secondary N) is 1. The minimum atomic E-state index is -3.04. The molecule has 1 amide bonds. The molecule has 2 heterocycles. The summed E-state index contributed by atoms with van der Waals surface area (Å²) in [7, 11) is -1.46. The number of aliphatic imine (C=N–C) groups is 1. The van der Waals surface area contributed by atoms with Gasteiger partial charge in [-0.3, -0.25) is 9.79 Å². The number of aryl methyl sites for hydroxylation is 2. The van der Waals surface area contributed by atoms with Gasteiger partial charge in [0.25, 0.3) is 0 Å². The molecule has 0 aromatic heterocycles. The Morgan fingerprint density at radius 3 is 2.61 bits per heavy atom. The number of sulfone groups is 1. The molecule has 0 aliphatic carbocycles. The molecule has 2 aromatic rings. The van der Waals surface area contributed by atoms with Crippen LogP contribution in [-0.4, -0.2) is 55.9 Å². The van der Waals surface area contributed by atoms with E-state index < -0.39 is 9.84 Å². The van der Waals surface area contributed by atoms with Gasteiger partial charge >= 0.3 is 0 Å². The standard InChI is InChI=1S/C22H25N3O4S2/c1-14-7-15(2)9-17(8-14)25(22-24-19-12-31(27,28)13-20(19)30-22)11-21(26)23-16-5-4-6-18(10-16)29-3/h4-10,19-20H,11-13H2,1-3H3,(H,23,26)/t19-,20-/m0/s1. The minimum absolute atomic E-state index is 0.0676. The van der Waals surface area contributed by atoms with Crippen LogP contribution >= 0.6 is 11.8 Å². The summed E-state index contributed by atoms with van der Waals surface area (Å²) >= 11 is 1.45. The van der Waals surface area contributed by atoms with Crippen LogP contribution < -0.4 is 15.0 Å². The van der Waals surface area contributed by atoms with Crippen molar-refractivity contribution in [3.05, 3.63) is 53.6 Å². The molecule has 2 aromatic carbocycles. The van der Waals surface area contributed by atoms with Crippen molar-refractivity contribution >= 4 is 44.0 Å². The number of amides is 1. The summed E-state index contributed by atoms with van der Waals surface area (Å²) in [6, 6.07) is 13.0. The number of benzene rings is 2. The molecule has 31 heavy (non-hydrogen) atoms. The van der Waals surface area contributed by atoms with Crippen LogP contribution in [0, 0.1) is 13.8 Å². The van der Waals surface area contributed by atoms with E-state index in [0.29, 0.717) is 16.6 Å². The third kappa shape index (κ3) is 5.04. The highest BCUT2D eigenvalue weighted by atomic mass is 32.2. The first-order chi connectivity index (χ1) is 14.7. The van der Waals surface area contributed by atoms with Crippen molar-refractivity contribution in [1.29, 1.82) is 0 Å². The number of hydrogen-bond acceptors (Lipinski definition) is 7. The number of amidine groups is 1. The fourth-order valence-electron chi connectivity index (χ4n) is 3.89. The van der Waals surface area contributed by atoms with Gasteiger partial charge in [0.1, 0.15) is 12.3 Å². The normalized spacial score (nSPS) is 21.3. The fourth-order valence-corrected chi connectivity index (χ4v) is 7.67. The van der Waals surface area contributed by atoms with Crippen molar-refractivity contribution < 1.29 is 17.9 Å². The zero-order valence-corrected chi connectivity index (χ0v) is 19.3. The van der Waals surface area contributed by atoms with Gasteiger partial charge < -0.3 is 15.0 Å². The van der Waals surface area contributed by atoms with E-state index in [1.807, 2.05) is 43.0 Å². The highest BCUT2D eigenvalue weighted by Crippen LogP contribution is 2.37. The summed E-state index contributed by atoms with van der Waals surface area (Å²) in [5.74, 6) is 0.672. The number of carbonyl (C=O) groups is 1. The van der Waals surface area contributed by atoms with Crippen LogP contribution in [-0.2, 0) is 14.6 Å². The molecule has 0 radical (unpaired) electrons. The van der Waals surface area contributed by atoms with Crippen LogP contribution in [0.4, 0.5) is 11.4 Å². The molecule has 4 rings (SSSR count). The molecule has 2 atom stereocenters. The van der Waals surface area contributed by atoms with E-state index in [-0.39, 0.29) is 35.2 Å². The summed E-state index contributed by atoms with van der Waals surface area (Å²) in [5, 5.41) is 3.51. The molecular formula is C22H25N3O4S2. The maximum atomic E-state index is 12.9. The molecule has 1 N–H and O–H groups in total. The molecule has 1 fully saturated rings. The van der Waals surface area contributed by atoms with Crippen molar-refractivity contribution in [2.24, 2.45) is 4.99 Å². The number of nitrogens with zero attached hydrogens (tertiary/aromatic N) is 2. The van der Waals surface area contributed by atoms with E-state index in [2.05, 4.69) is 11.4 Å². The smallest absolute Gasteiger partial charge is 0.244 e. The molecular weight excluding hydrogens is 434 g/mol. The summed E-state index contributed by atoms with van der Waals surface area (Å²) in [5.41, 5.74) is 3.68. The third-order valence-corrected chi connectivity index (χ3v) is 8.46. The van der Waals surface area contributed by atoms with Crippen molar-refractivity contribution in [3.8, 4) is 5.75 Å². The molecule has 2 aliphatic rings. The predicted octanol–water partition coefficient (Wildman–Crippen LogP) is 3.03. The summed E-state index contributed by atoms with van der Waals surface area (Å²) < 4.78 is 29.1. The summed E-state index contributed by atoms with van der Waals surface area (Å²) in [6.45, 7) is 4.09. The van der Waals surface area contributed by atoms with Crippen molar-refractivity contribution in [3.63, 3.8) is 0 Å². The van der Waals surface area contributed by atoms with Crippen LogP contribution in [0.15, 0.2) is 47.5 Å². The maximum absolute atomic E-state index is 12.9. The lowest BCUT2D eigenvalue weighted by molar-refractivity contribution is -0.114. The Labute approximate surface area is 186 Å². The van der Waals surface area contributed by atoms with Crippen LogP contribution in [0.25, 0.3) is 0 Å². The maximum Gasteiger partial charge on any atom is 0.244 e. The molecule has 0 bridgehead atoms. The van der Waals surface area contributed by atoms with E-state index in [1.54, 1.807) is 19.2 Å². The Balaban J connectivity index is 1.59. The van der Waals surface area contributed by atoms with Gasteiger partial charge in [0.05, 0.1) is 24.7 Å². The zero-order valence-electron chi connectivity index (χ0n) is 17.7. The predicted molar refractivity (Wildman–Crippen MR) is 126 cm³/mol. The van der Waals surface area contributed by atoms with Gasteiger partial charge in [0, 0.05) is 22.7 Å². The molecule has 1 saturated heterocycles. The summed E-state index contributed by atoms with van der Waals surface area (Å²) in [6.07, 6.45) is 0. The molecule has 0 saturated carbocycles. The third-order valence-electron chi connectivity index (χ3n) is 5.21. The number of methoxy groups -OCH3 is 1. The first-order valence-electron chi connectivity index (χ1n) is 9.97. The molecule has 9 heteroatoms. The minimum Gasteiger partial charge on any atom is -0.497 e. The molecule has 164 valence electrons. The topological polar surface area (TPSA) is 88.1 Å².